The molecule has 1 N–H and O–H groups in total. The Morgan fingerprint density at radius 3 is 2.00 bits per heavy atom. The Kier molecular flexibility index (Phi) is 4.41. The van der Waals surface area contributed by atoms with Crippen molar-refractivity contribution < 1.29 is 14.6 Å². The Morgan fingerprint density at radius 2 is 1.55 bits per heavy atom. The SMILES string of the molecule is CCc1ccc(Oc2ccc(C(C)C(=O)O)cc2)cc1. The minimum absolute atomic E-state index is 0.507. The van der Waals surface area contributed by atoms with Crippen LogP contribution in [-0.2, 0) is 11.2 Å². The zero-order chi connectivity index (χ0) is 14.5. The Balaban J connectivity index is 2.08. The summed E-state index contributed by atoms with van der Waals surface area (Å²) < 4.78 is 5.73. The van der Waals surface area contributed by atoms with Crippen molar-refractivity contribution in [2.45, 2.75) is 26.2 Å². The number of ether oxygens (including phenoxy) is 1. The van der Waals surface area contributed by atoms with Crippen molar-refractivity contribution in [1.29, 1.82) is 0 Å². The van der Waals surface area contributed by atoms with Gasteiger partial charge in [-0.3, -0.25) is 4.79 Å². The molecule has 0 heterocycles. The second-order valence-electron chi connectivity index (χ2n) is 4.73. The van der Waals surface area contributed by atoms with Crippen LogP contribution in [-0.4, -0.2) is 11.1 Å². The van der Waals surface area contributed by atoms with Gasteiger partial charge in [0.15, 0.2) is 0 Å². The quantitative estimate of drug-likeness (QED) is 0.884. The second-order valence-corrected chi connectivity index (χ2v) is 4.73. The third-order valence-corrected chi connectivity index (χ3v) is 3.32. The van der Waals surface area contributed by atoms with Crippen LogP contribution < -0.4 is 4.74 Å². The molecule has 20 heavy (non-hydrogen) atoms. The lowest BCUT2D eigenvalue weighted by Gasteiger charge is -2.09. The van der Waals surface area contributed by atoms with E-state index in [1.165, 1.54) is 5.56 Å². The number of hydrogen-bond donors (Lipinski definition) is 1. The number of hydrogen-bond acceptors (Lipinski definition) is 2. The molecule has 0 aliphatic carbocycles. The third-order valence-electron chi connectivity index (χ3n) is 3.32. The standard InChI is InChI=1S/C17H18O3/c1-3-13-4-8-15(9-5-13)20-16-10-6-14(7-11-16)12(2)17(18)19/h4-12H,3H2,1-2H3,(H,18,19). The maximum atomic E-state index is 10.9. The second kappa shape index (κ2) is 6.24. The topological polar surface area (TPSA) is 46.5 Å². The average molecular weight is 270 g/mol. The van der Waals surface area contributed by atoms with Crippen molar-refractivity contribution in [1.82, 2.24) is 0 Å². The number of aliphatic carboxylic acids is 1. The van der Waals surface area contributed by atoms with E-state index < -0.39 is 11.9 Å². The van der Waals surface area contributed by atoms with Crippen molar-refractivity contribution in [3.05, 3.63) is 59.7 Å². The van der Waals surface area contributed by atoms with E-state index in [-0.39, 0.29) is 0 Å². The maximum Gasteiger partial charge on any atom is 0.310 e. The average Bonchev–Trinajstić information content (AvgIpc) is 2.48. The Morgan fingerprint density at radius 1 is 1.05 bits per heavy atom. The first kappa shape index (κ1) is 14.1. The van der Waals surface area contributed by atoms with Crippen LogP contribution in [0, 0.1) is 0 Å². The molecule has 2 aromatic carbocycles. The van der Waals surface area contributed by atoms with Gasteiger partial charge in [0.1, 0.15) is 11.5 Å². The summed E-state index contributed by atoms with van der Waals surface area (Å²) in [6, 6.07) is 15.1. The fourth-order valence-electron chi connectivity index (χ4n) is 1.90. The zero-order valence-corrected chi connectivity index (χ0v) is 11.7. The molecule has 2 rings (SSSR count). The van der Waals surface area contributed by atoms with Gasteiger partial charge in [0.2, 0.25) is 0 Å². The molecule has 104 valence electrons. The molecule has 0 radical (unpaired) electrons. The van der Waals surface area contributed by atoms with Gasteiger partial charge in [-0.2, -0.15) is 0 Å². The molecular weight excluding hydrogens is 252 g/mol. The van der Waals surface area contributed by atoms with Crippen LogP contribution in [0.2, 0.25) is 0 Å². The summed E-state index contributed by atoms with van der Waals surface area (Å²) in [5.41, 5.74) is 2.04. The first-order valence-electron chi connectivity index (χ1n) is 6.69. The van der Waals surface area contributed by atoms with Crippen LogP contribution >= 0.6 is 0 Å². The third kappa shape index (κ3) is 3.38. The van der Waals surface area contributed by atoms with Crippen LogP contribution in [0.4, 0.5) is 0 Å². The highest BCUT2D eigenvalue weighted by atomic mass is 16.5. The predicted molar refractivity (Wildman–Crippen MR) is 78.4 cm³/mol. The molecule has 1 atom stereocenters. The van der Waals surface area contributed by atoms with Gasteiger partial charge in [-0.15, -0.1) is 0 Å². The minimum Gasteiger partial charge on any atom is -0.481 e. The summed E-state index contributed by atoms with van der Waals surface area (Å²) in [5, 5.41) is 8.96. The van der Waals surface area contributed by atoms with Crippen molar-refractivity contribution in [2.75, 3.05) is 0 Å². The van der Waals surface area contributed by atoms with Crippen LogP contribution in [0.3, 0.4) is 0 Å². The highest BCUT2D eigenvalue weighted by Crippen LogP contribution is 2.24. The highest BCUT2D eigenvalue weighted by molar-refractivity contribution is 5.75. The summed E-state index contributed by atoms with van der Waals surface area (Å²) in [6.07, 6.45) is 1.00. The molecule has 0 bridgehead atoms. The fraction of sp³-hybridized carbons (Fsp3) is 0.235. The summed E-state index contributed by atoms with van der Waals surface area (Å²) >= 11 is 0. The van der Waals surface area contributed by atoms with E-state index in [2.05, 4.69) is 6.92 Å². The van der Waals surface area contributed by atoms with Gasteiger partial charge in [0.25, 0.3) is 0 Å². The van der Waals surface area contributed by atoms with Crippen molar-refractivity contribution >= 4 is 5.97 Å². The number of carbonyl (C=O) groups is 1. The van der Waals surface area contributed by atoms with Gasteiger partial charge < -0.3 is 9.84 Å². The van der Waals surface area contributed by atoms with Crippen molar-refractivity contribution in [3.63, 3.8) is 0 Å². The Hall–Kier alpha value is -2.29. The monoisotopic (exact) mass is 270 g/mol. The molecule has 0 spiro atoms. The molecule has 0 aromatic heterocycles. The van der Waals surface area contributed by atoms with E-state index >= 15 is 0 Å². The van der Waals surface area contributed by atoms with Crippen molar-refractivity contribution in [2.24, 2.45) is 0 Å². The molecule has 0 fully saturated rings. The molecule has 0 aliphatic rings. The molecule has 3 heteroatoms. The lowest BCUT2D eigenvalue weighted by Crippen LogP contribution is -2.06. The minimum atomic E-state index is -0.825. The summed E-state index contributed by atoms with van der Waals surface area (Å²) in [4.78, 5) is 10.9. The van der Waals surface area contributed by atoms with Crippen LogP contribution in [0.5, 0.6) is 11.5 Å². The summed E-state index contributed by atoms with van der Waals surface area (Å²) in [6.45, 7) is 3.78. The van der Waals surface area contributed by atoms with Gasteiger partial charge in [-0.25, -0.2) is 0 Å². The molecule has 0 saturated heterocycles. The Labute approximate surface area is 118 Å². The molecule has 2 aromatic rings. The van der Waals surface area contributed by atoms with E-state index in [4.69, 9.17) is 9.84 Å². The first-order chi connectivity index (χ1) is 9.60. The number of aryl methyl sites for hydroxylation is 1. The van der Waals surface area contributed by atoms with Crippen LogP contribution in [0.25, 0.3) is 0 Å². The van der Waals surface area contributed by atoms with E-state index in [1.807, 2.05) is 24.3 Å². The lowest BCUT2D eigenvalue weighted by atomic mass is 10.0. The number of carboxylic acids is 1. The van der Waals surface area contributed by atoms with E-state index in [9.17, 15) is 4.79 Å². The zero-order valence-electron chi connectivity index (χ0n) is 11.7. The van der Waals surface area contributed by atoms with E-state index in [1.54, 1.807) is 31.2 Å². The molecule has 0 amide bonds. The van der Waals surface area contributed by atoms with Gasteiger partial charge in [0, 0.05) is 0 Å². The molecule has 3 nitrogen and oxygen atoms in total. The smallest absolute Gasteiger partial charge is 0.310 e. The van der Waals surface area contributed by atoms with Crippen LogP contribution in [0.1, 0.15) is 30.9 Å². The number of carboxylic acid groups (broad SMARTS) is 1. The normalized spacial score (nSPS) is 11.9. The molecule has 0 saturated carbocycles. The number of benzene rings is 2. The maximum absolute atomic E-state index is 10.9. The highest BCUT2D eigenvalue weighted by Gasteiger charge is 2.13. The molecule has 0 aliphatic heterocycles. The van der Waals surface area contributed by atoms with Gasteiger partial charge in [-0.05, 0) is 48.7 Å². The Bertz CT molecular complexity index is 570. The summed E-state index contributed by atoms with van der Waals surface area (Å²) in [7, 11) is 0. The molecule has 1 unspecified atom stereocenters. The first-order valence-corrected chi connectivity index (χ1v) is 6.69. The van der Waals surface area contributed by atoms with Gasteiger partial charge >= 0.3 is 5.97 Å². The molecular formula is C17H18O3. The van der Waals surface area contributed by atoms with Crippen molar-refractivity contribution in [3.8, 4) is 11.5 Å². The van der Waals surface area contributed by atoms with E-state index in [0.717, 1.165) is 17.7 Å². The lowest BCUT2D eigenvalue weighted by molar-refractivity contribution is -0.138. The summed E-state index contributed by atoms with van der Waals surface area (Å²) in [5.74, 6) is 0.151. The van der Waals surface area contributed by atoms with Gasteiger partial charge in [0.05, 0.1) is 5.92 Å². The van der Waals surface area contributed by atoms with Gasteiger partial charge in [-0.1, -0.05) is 31.2 Å². The number of rotatable bonds is 5. The van der Waals surface area contributed by atoms with Crippen LogP contribution in [0.15, 0.2) is 48.5 Å². The predicted octanol–water partition coefficient (Wildman–Crippen LogP) is 4.23. The van der Waals surface area contributed by atoms with E-state index in [0.29, 0.717) is 5.75 Å². The fourth-order valence-corrected chi connectivity index (χ4v) is 1.90. The largest absolute Gasteiger partial charge is 0.481 e.